The van der Waals surface area contributed by atoms with Crippen LogP contribution >= 0.6 is 0 Å². The second-order valence-electron chi connectivity index (χ2n) is 11.1. The van der Waals surface area contributed by atoms with E-state index in [1.807, 2.05) is 6.92 Å². The third kappa shape index (κ3) is 6.83. The van der Waals surface area contributed by atoms with E-state index in [1.165, 1.54) is 12.1 Å². The molecule has 0 bridgehead atoms. The van der Waals surface area contributed by atoms with Crippen LogP contribution in [0.2, 0.25) is 0 Å². The van der Waals surface area contributed by atoms with Gasteiger partial charge < -0.3 is 9.47 Å². The SMILES string of the molecule is Cc1ccc(S(=O)(=O)N2C(=O)[C@H](N(NC(=O)OC(C)(C)C)C(=O)OC(C)(C)C)C[C@H]2c2ccccc2)cc1. The largest absolute Gasteiger partial charge is 0.443 e. The number of nitrogens with one attached hydrogen (secondary N) is 1. The lowest BCUT2D eigenvalue weighted by atomic mass is 10.0. The van der Waals surface area contributed by atoms with Gasteiger partial charge in [-0.3, -0.25) is 4.79 Å². The molecule has 0 spiro atoms. The Hall–Kier alpha value is -3.60. The van der Waals surface area contributed by atoms with Gasteiger partial charge >= 0.3 is 12.2 Å². The predicted molar refractivity (Wildman–Crippen MR) is 140 cm³/mol. The highest BCUT2D eigenvalue weighted by Crippen LogP contribution is 2.39. The van der Waals surface area contributed by atoms with Gasteiger partial charge in [-0.15, -0.1) is 0 Å². The molecule has 1 aliphatic rings. The number of carbonyl (C=O) groups excluding carboxylic acids is 3. The normalized spacial score (nSPS) is 18.2. The molecule has 11 heteroatoms. The van der Waals surface area contributed by atoms with Gasteiger partial charge in [0.15, 0.2) is 0 Å². The van der Waals surface area contributed by atoms with E-state index in [1.54, 1.807) is 84.0 Å². The number of aryl methyl sites for hydroxylation is 1. The van der Waals surface area contributed by atoms with E-state index in [9.17, 15) is 22.8 Å². The van der Waals surface area contributed by atoms with Crippen molar-refractivity contribution in [3.05, 3.63) is 65.7 Å². The van der Waals surface area contributed by atoms with Gasteiger partial charge in [-0.05, 0) is 66.2 Å². The Kier molecular flexibility index (Phi) is 8.11. The molecule has 10 nitrogen and oxygen atoms in total. The molecule has 3 rings (SSSR count). The van der Waals surface area contributed by atoms with E-state index in [2.05, 4.69) is 5.43 Å². The Morgan fingerprint density at radius 3 is 2.00 bits per heavy atom. The minimum absolute atomic E-state index is 0.0676. The number of hydrazine groups is 1. The number of hydrogen-bond donors (Lipinski definition) is 1. The smallest absolute Gasteiger partial charge is 0.430 e. The van der Waals surface area contributed by atoms with Crippen molar-refractivity contribution in [3.63, 3.8) is 0 Å². The van der Waals surface area contributed by atoms with Crippen LogP contribution < -0.4 is 5.43 Å². The van der Waals surface area contributed by atoms with E-state index >= 15 is 0 Å². The molecule has 1 saturated heterocycles. The van der Waals surface area contributed by atoms with Crippen molar-refractivity contribution in [1.29, 1.82) is 0 Å². The van der Waals surface area contributed by atoms with E-state index in [0.29, 0.717) is 5.56 Å². The quantitative estimate of drug-likeness (QED) is 0.553. The number of hydrogen-bond acceptors (Lipinski definition) is 7. The van der Waals surface area contributed by atoms with Crippen molar-refractivity contribution in [2.24, 2.45) is 0 Å². The molecule has 0 unspecified atom stereocenters. The monoisotopic (exact) mass is 545 g/mol. The summed E-state index contributed by atoms with van der Waals surface area (Å²) in [5.74, 6) is -0.888. The van der Waals surface area contributed by atoms with E-state index < -0.39 is 51.4 Å². The standard InChI is InChI=1S/C27H35N3O7S/c1-18-13-15-20(16-14-18)38(34,35)30-21(19-11-9-8-10-12-19)17-22(23(30)31)29(25(33)37-27(5,6)7)28-24(32)36-26(2,3)4/h8-16,21-22H,17H2,1-7H3,(H,28,32)/t21-,22+/m0/s1. The number of amides is 3. The first kappa shape index (κ1) is 29.0. The van der Waals surface area contributed by atoms with Gasteiger partial charge in [0, 0.05) is 6.42 Å². The lowest BCUT2D eigenvalue weighted by Crippen LogP contribution is -2.56. The topological polar surface area (TPSA) is 122 Å². The third-order valence-electron chi connectivity index (χ3n) is 5.51. The van der Waals surface area contributed by atoms with Crippen molar-refractivity contribution in [3.8, 4) is 0 Å². The summed E-state index contributed by atoms with van der Waals surface area (Å²) in [6.45, 7) is 11.7. The van der Waals surface area contributed by atoms with Gasteiger partial charge in [0.2, 0.25) is 0 Å². The molecule has 1 heterocycles. The van der Waals surface area contributed by atoms with Crippen LogP contribution in [0, 0.1) is 6.92 Å². The van der Waals surface area contributed by atoms with Crippen LogP contribution in [0.5, 0.6) is 0 Å². The van der Waals surface area contributed by atoms with E-state index in [-0.39, 0.29) is 11.3 Å². The van der Waals surface area contributed by atoms with Crippen molar-refractivity contribution < 1.29 is 32.3 Å². The van der Waals surface area contributed by atoms with Crippen LogP contribution in [0.3, 0.4) is 0 Å². The van der Waals surface area contributed by atoms with Gasteiger partial charge in [0.05, 0.1) is 10.9 Å². The fourth-order valence-corrected chi connectivity index (χ4v) is 5.55. The predicted octanol–water partition coefficient (Wildman–Crippen LogP) is 4.70. The van der Waals surface area contributed by atoms with Crippen molar-refractivity contribution >= 4 is 28.1 Å². The van der Waals surface area contributed by atoms with E-state index in [4.69, 9.17) is 9.47 Å². The fraction of sp³-hybridized carbons (Fsp3) is 0.444. The van der Waals surface area contributed by atoms with Crippen molar-refractivity contribution in [2.75, 3.05) is 0 Å². The Balaban J connectivity index is 2.08. The Morgan fingerprint density at radius 2 is 1.47 bits per heavy atom. The first-order valence-corrected chi connectivity index (χ1v) is 13.7. The second kappa shape index (κ2) is 10.6. The molecular formula is C27H35N3O7S. The molecule has 2 atom stereocenters. The summed E-state index contributed by atoms with van der Waals surface area (Å²) >= 11 is 0. The lowest BCUT2D eigenvalue weighted by Gasteiger charge is -2.31. The van der Waals surface area contributed by atoms with Crippen LogP contribution in [-0.2, 0) is 24.3 Å². The van der Waals surface area contributed by atoms with Crippen molar-refractivity contribution in [2.45, 2.75) is 83.1 Å². The summed E-state index contributed by atoms with van der Waals surface area (Å²) in [7, 11) is -4.33. The minimum atomic E-state index is -4.33. The molecule has 0 radical (unpaired) electrons. The maximum absolute atomic E-state index is 13.9. The molecule has 1 N–H and O–H groups in total. The van der Waals surface area contributed by atoms with Crippen LogP contribution in [0.1, 0.15) is 65.1 Å². The fourth-order valence-electron chi connectivity index (χ4n) is 3.94. The van der Waals surface area contributed by atoms with Gasteiger partial charge in [0.1, 0.15) is 17.2 Å². The number of sulfonamides is 1. The third-order valence-corrected chi connectivity index (χ3v) is 7.33. The highest BCUT2D eigenvalue weighted by molar-refractivity contribution is 7.89. The maximum atomic E-state index is 13.9. The zero-order valence-electron chi connectivity index (χ0n) is 22.7. The van der Waals surface area contributed by atoms with E-state index in [0.717, 1.165) is 14.9 Å². The van der Waals surface area contributed by atoms with Crippen LogP contribution in [0.25, 0.3) is 0 Å². The summed E-state index contributed by atoms with van der Waals surface area (Å²) in [5, 5.41) is 0.724. The van der Waals surface area contributed by atoms with Gasteiger partial charge in [-0.25, -0.2) is 32.7 Å². The molecule has 3 amide bonds. The zero-order chi connectivity index (χ0) is 28.5. The average Bonchev–Trinajstić information content (AvgIpc) is 3.13. The summed E-state index contributed by atoms with van der Waals surface area (Å²) in [6.07, 6.45) is -2.14. The first-order chi connectivity index (χ1) is 17.5. The Morgan fingerprint density at radius 1 is 0.921 bits per heavy atom. The lowest BCUT2D eigenvalue weighted by molar-refractivity contribution is -0.129. The molecule has 2 aromatic rings. The first-order valence-electron chi connectivity index (χ1n) is 12.2. The minimum Gasteiger partial charge on any atom is -0.443 e. The average molecular weight is 546 g/mol. The Bertz CT molecular complexity index is 1280. The van der Waals surface area contributed by atoms with Gasteiger partial charge in [0.25, 0.3) is 15.9 Å². The summed E-state index contributed by atoms with van der Waals surface area (Å²) in [5.41, 5.74) is 1.87. The van der Waals surface area contributed by atoms with Crippen molar-refractivity contribution in [1.82, 2.24) is 14.7 Å². The molecule has 0 saturated carbocycles. The molecule has 0 aliphatic carbocycles. The maximum Gasteiger partial charge on any atom is 0.430 e. The molecule has 206 valence electrons. The van der Waals surface area contributed by atoms with Gasteiger partial charge in [-0.1, -0.05) is 48.0 Å². The van der Waals surface area contributed by atoms with Crippen LogP contribution in [-0.4, -0.2) is 53.1 Å². The van der Waals surface area contributed by atoms with Crippen LogP contribution in [0.4, 0.5) is 9.59 Å². The molecule has 2 aromatic carbocycles. The highest BCUT2D eigenvalue weighted by Gasteiger charge is 2.51. The number of rotatable bonds is 4. The second-order valence-corrected chi connectivity index (χ2v) is 12.9. The Labute approximate surface area is 223 Å². The molecule has 1 aliphatic heterocycles. The number of ether oxygens (including phenoxy) is 2. The van der Waals surface area contributed by atoms with Gasteiger partial charge in [-0.2, -0.15) is 0 Å². The number of benzene rings is 2. The molecule has 38 heavy (non-hydrogen) atoms. The summed E-state index contributed by atoms with van der Waals surface area (Å²) in [6, 6.07) is 12.5. The number of carbonyl (C=O) groups is 3. The highest BCUT2D eigenvalue weighted by atomic mass is 32.2. The molecule has 0 aromatic heterocycles. The zero-order valence-corrected chi connectivity index (χ0v) is 23.5. The molecular weight excluding hydrogens is 510 g/mol. The summed E-state index contributed by atoms with van der Waals surface area (Å²) in [4.78, 5) is 39.7. The number of nitrogens with zero attached hydrogens (tertiary/aromatic N) is 2. The van der Waals surface area contributed by atoms with Crippen LogP contribution in [0.15, 0.2) is 59.5 Å². The molecule has 1 fully saturated rings. The summed E-state index contributed by atoms with van der Waals surface area (Å²) < 4.78 is 39.1.